The van der Waals surface area contributed by atoms with E-state index in [9.17, 15) is 4.79 Å². The second-order valence-corrected chi connectivity index (χ2v) is 7.20. The molecule has 160 valence electrons. The van der Waals surface area contributed by atoms with Crippen molar-refractivity contribution in [1.29, 1.82) is 0 Å². The normalized spacial score (nSPS) is 17.2. The third-order valence-electron chi connectivity index (χ3n) is 4.99. The van der Waals surface area contributed by atoms with Gasteiger partial charge in [-0.2, -0.15) is 0 Å². The molecule has 1 aromatic heterocycles. The van der Waals surface area contributed by atoms with Crippen molar-refractivity contribution in [2.75, 3.05) is 26.2 Å². The largest absolute Gasteiger partial charge is 0.361 e. The van der Waals surface area contributed by atoms with Crippen molar-refractivity contribution < 1.29 is 9.32 Å². The summed E-state index contributed by atoms with van der Waals surface area (Å²) in [4.78, 5) is 19.1. The molecule has 1 saturated heterocycles. The van der Waals surface area contributed by atoms with Crippen LogP contribution in [0.1, 0.15) is 64.0 Å². The summed E-state index contributed by atoms with van der Waals surface area (Å²) in [6, 6.07) is 0. The Labute approximate surface area is 186 Å². The van der Waals surface area contributed by atoms with Crippen LogP contribution in [-0.2, 0) is 24.2 Å². The lowest BCUT2D eigenvalue weighted by Crippen LogP contribution is -2.42. The van der Waals surface area contributed by atoms with Crippen molar-refractivity contribution in [2.45, 2.75) is 66.3 Å². The van der Waals surface area contributed by atoms with Crippen LogP contribution in [0.5, 0.6) is 0 Å². The molecule has 0 spiro atoms. The highest BCUT2D eigenvalue weighted by Gasteiger charge is 2.20. The molecule has 1 amide bonds. The van der Waals surface area contributed by atoms with Gasteiger partial charge in [0.15, 0.2) is 5.96 Å². The number of carbonyl (C=O) groups excluding carboxylic acids is 1. The van der Waals surface area contributed by atoms with Gasteiger partial charge in [0.1, 0.15) is 5.76 Å². The van der Waals surface area contributed by atoms with Crippen LogP contribution in [0, 0.1) is 5.92 Å². The third kappa shape index (κ3) is 7.25. The zero-order valence-corrected chi connectivity index (χ0v) is 20.0. The van der Waals surface area contributed by atoms with Crippen LogP contribution in [0.25, 0.3) is 0 Å². The molecule has 0 saturated carbocycles. The van der Waals surface area contributed by atoms with Gasteiger partial charge in [0.05, 0.1) is 12.2 Å². The first kappa shape index (κ1) is 24.7. The summed E-state index contributed by atoms with van der Waals surface area (Å²) in [5, 5.41) is 10.7. The number of hydrogen-bond donors (Lipinski definition) is 2. The standard InChI is InChI=1S/C20H35N5O2.HI/c1-5-17-16(18(6-2)27-24-17)13-23-20(21-7-3)22-11-10-19(26)25-12-8-9-15(4)14-25;/h15H,5-14H2,1-4H3,(H2,21,22,23);1H. The van der Waals surface area contributed by atoms with E-state index in [1.165, 1.54) is 6.42 Å². The maximum Gasteiger partial charge on any atom is 0.224 e. The molecular formula is C20H36IN5O2. The molecule has 0 bridgehead atoms. The maximum atomic E-state index is 12.4. The molecule has 0 aromatic carbocycles. The Hall–Kier alpha value is -1.32. The van der Waals surface area contributed by atoms with Crippen molar-refractivity contribution >= 4 is 35.8 Å². The van der Waals surface area contributed by atoms with Crippen LogP contribution in [0.2, 0.25) is 0 Å². The summed E-state index contributed by atoms with van der Waals surface area (Å²) in [6.07, 6.45) is 4.47. The number of aryl methyl sites for hydroxylation is 2. The molecule has 2 N–H and O–H groups in total. The topological polar surface area (TPSA) is 82.8 Å². The SMILES string of the molecule is CCNC(=NCc1c(CC)noc1CC)NCCC(=O)N1CCCC(C)C1.I. The van der Waals surface area contributed by atoms with Crippen LogP contribution in [0.3, 0.4) is 0 Å². The molecule has 1 fully saturated rings. The predicted molar refractivity (Wildman–Crippen MR) is 123 cm³/mol. The molecule has 2 rings (SSSR count). The molecule has 1 aliphatic rings. The Morgan fingerprint density at radius 3 is 2.71 bits per heavy atom. The summed E-state index contributed by atoms with van der Waals surface area (Å²) in [7, 11) is 0. The highest BCUT2D eigenvalue weighted by molar-refractivity contribution is 14.0. The summed E-state index contributed by atoms with van der Waals surface area (Å²) in [6.45, 7) is 12.0. The van der Waals surface area contributed by atoms with Gasteiger partial charge in [-0.3, -0.25) is 4.79 Å². The molecule has 1 unspecified atom stereocenters. The number of hydrogen-bond acceptors (Lipinski definition) is 4. The van der Waals surface area contributed by atoms with Crippen molar-refractivity contribution in [3.05, 3.63) is 17.0 Å². The number of aliphatic imine (C=N–C) groups is 1. The van der Waals surface area contributed by atoms with Crippen LogP contribution >= 0.6 is 24.0 Å². The molecule has 0 aliphatic carbocycles. The van der Waals surface area contributed by atoms with Gasteiger partial charge in [-0.15, -0.1) is 24.0 Å². The van der Waals surface area contributed by atoms with Crippen LogP contribution in [-0.4, -0.2) is 48.1 Å². The Morgan fingerprint density at radius 2 is 2.07 bits per heavy atom. The average molecular weight is 505 g/mol. The smallest absolute Gasteiger partial charge is 0.224 e. The molecule has 0 radical (unpaired) electrons. The van der Waals surface area contributed by atoms with Gasteiger partial charge in [0.2, 0.25) is 5.91 Å². The molecule has 8 heteroatoms. The molecular weight excluding hydrogens is 469 g/mol. The zero-order valence-electron chi connectivity index (χ0n) is 17.7. The maximum absolute atomic E-state index is 12.4. The van der Waals surface area contributed by atoms with E-state index in [0.717, 1.165) is 61.9 Å². The Kier molecular flexibility index (Phi) is 11.5. The lowest BCUT2D eigenvalue weighted by atomic mass is 10.00. The summed E-state index contributed by atoms with van der Waals surface area (Å²) < 4.78 is 5.41. The highest BCUT2D eigenvalue weighted by atomic mass is 127. The molecule has 1 aromatic rings. The fourth-order valence-electron chi connectivity index (χ4n) is 3.48. The minimum Gasteiger partial charge on any atom is -0.361 e. The summed E-state index contributed by atoms with van der Waals surface area (Å²) in [5.41, 5.74) is 2.05. The number of rotatable bonds is 8. The van der Waals surface area contributed by atoms with E-state index in [-0.39, 0.29) is 29.9 Å². The molecule has 1 aliphatic heterocycles. The molecule has 28 heavy (non-hydrogen) atoms. The number of nitrogens with one attached hydrogen (secondary N) is 2. The molecule has 2 heterocycles. The summed E-state index contributed by atoms with van der Waals surface area (Å²) >= 11 is 0. The average Bonchev–Trinajstić information content (AvgIpc) is 3.07. The first-order chi connectivity index (χ1) is 13.1. The zero-order chi connectivity index (χ0) is 19.6. The van der Waals surface area contributed by atoms with Gasteiger partial charge in [0, 0.05) is 44.6 Å². The van der Waals surface area contributed by atoms with E-state index in [2.05, 4.69) is 41.6 Å². The first-order valence-electron chi connectivity index (χ1n) is 10.3. The number of amides is 1. The predicted octanol–water partition coefficient (Wildman–Crippen LogP) is 3.12. The van der Waals surface area contributed by atoms with Gasteiger partial charge < -0.3 is 20.1 Å². The van der Waals surface area contributed by atoms with Crippen molar-refractivity contribution in [1.82, 2.24) is 20.7 Å². The molecule has 1 atom stereocenters. The van der Waals surface area contributed by atoms with Gasteiger partial charge in [-0.05, 0) is 32.1 Å². The Morgan fingerprint density at radius 1 is 1.29 bits per heavy atom. The number of likely N-dealkylation sites (tertiary alicyclic amines) is 1. The minimum atomic E-state index is 0. The lowest BCUT2D eigenvalue weighted by Gasteiger charge is -2.31. The van der Waals surface area contributed by atoms with E-state index in [1.54, 1.807) is 0 Å². The van der Waals surface area contributed by atoms with Gasteiger partial charge in [0.25, 0.3) is 0 Å². The number of nitrogens with zero attached hydrogens (tertiary/aromatic N) is 3. The Balaban J connectivity index is 0.00000392. The number of aromatic nitrogens is 1. The molecule has 7 nitrogen and oxygen atoms in total. The van der Waals surface area contributed by atoms with Crippen molar-refractivity contribution in [2.24, 2.45) is 10.9 Å². The summed E-state index contributed by atoms with van der Waals surface area (Å²) in [5.74, 6) is 2.47. The second kappa shape index (κ2) is 13.0. The van der Waals surface area contributed by atoms with Crippen LogP contribution < -0.4 is 10.6 Å². The van der Waals surface area contributed by atoms with E-state index in [4.69, 9.17) is 4.52 Å². The number of carbonyl (C=O) groups is 1. The van der Waals surface area contributed by atoms with Crippen molar-refractivity contribution in [3.63, 3.8) is 0 Å². The quantitative estimate of drug-likeness (QED) is 0.322. The van der Waals surface area contributed by atoms with E-state index < -0.39 is 0 Å². The fraction of sp³-hybridized carbons (Fsp3) is 0.750. The number of halogens is 1. The first-order valence-corrected chi connectivity index (χ1v) is 10.3. The van der Waals surface area contributed by atoms with Crippen LogP contribution in [0.15, 0.2) is 9.52 Å². The highest BCUT2D eigenvalue weighted by Crippen LogP contribution is 2.17. The third-order valence-corrected chi connectivity index (χ3v) is 4.99. The van der Waals surface area contributed by atoms with Gasteiger partial charge in [-0.25, -0.2) is 4.99 Å². The van der Waals surface area contributed by atoms with Crippen LogP contribution in [0.4, 0.5) is 0 Å². The fourth-order valence-corrected chi connectivity index (χ4v) is 3.48. The van der Waals surface area contributed by atoms with E-state index >= 15 is 0 Å². The second-order valence-electron chi connectivity index (χ2n) is 7.20. The number of guanidine groups is 1. The monoisotopic (exact) mass is 505 g/mol. The van der Waals surface area contributed by atoms with E-state index in [0.29, 0.717) is 25.4 Å². The lowest BCUT2D eigenvalue weighted by molar-refractivity contribution is -0.132. The van der Waals surface area contributed by atoms with Crippen molar-refractivity contribution in [3.8, 4) is 0 Å². The minimum absolute atomic E-state index is 0. The number of piperidine rings is 1. The van der Waals surface area contributed by atoms with Gasteiger partial charge in [-0.1, -0.05) is 25.9 Å². The van der Waals surface area contributed by atoms with E-state index in [1.807, 2.05) is 11.8 Å². The van der Waals surface area contributed by atoms with Gasteiger partial charge >= 0.3 is 0 Å². The Bertz CT molecular complexity index is 611.